The lowest BCUT2D eigenvalue weighted by Gasteiger charge is -2.35. The predicted molar refractivity (Wildman–Crippen MR) is 220 cm³/mol. The average Bonchev–Trinajstić information content (AvgIpc) is 3.68. The highest BCUT2D eigenvalue weighted by Gasteiger charge is 2.47. The number of ether oxygens (including phenoxy) is 3. The van der Waals surface area contributed by atoms with Crippen LogP contribution in [0.4, 0.5) is 17.6 Å². The third-order valence-corrected chi connectivity index (χ3v) is 10.9. The molecule has 1 saturated carbocycles. The number of rotatable bonds is 19. The van der Waals surface area contributed by atoms with Gasteiger partial charge in [-0.2, -0.15) is 0 Å². The highest BCUT2D eigenvalue weighted by atomic mass is 19.2. The van der Waals surface area contributed by atoms with E-state index in [1.807, 2.05) is 0 Å². The normalized spacial score (nSPS) is 17.8. The molecule has 0 radical (unpaired) electrons. The van der Waals surface area contributed by atoms with Gasteiger partial charge in [0.2, 0.25) is 29.4 Å². The summed E-state index contributed by atoms with van der Waals surface area (Å²) in [6.45, 7) is 5.73. The molecular weight excluding hydrogens is 868 g/mol. The van der Waals surface area contributed by atoms with Crippen molar-refractivity contribution in [3.8, 4) is 11.5 Å². The number of nitrogens with zero attached hydrogens (tertiary/aromatic N) is 1. The molecule has 18 nitrogen and oxygen atoms in total. The monoisotopic (exact) mass is 922 g/mol. The van der Waals surface area contributed by atoms with Crippen molar-refractivity contribution < 1.29 is 75.2 Å². The molecule has 1 saturated heterocycles. The molecule has 6 amide bonds. The summed E-state index contributed by atoms with van der Waals surface area (Å²) < 4.78 is 74.8. The number of carboxylic acid groups (broad SMARTS) is 1. The van der Waals surface area contributed by atoms with E-state index in [1.54, 1.807) is 27.7 Å². The number of ketones is 1. The van der Waals surface area contributed by atoms with Gasteiger partial charge in [0.1, 0.15) is 35.2 Å². The Morgan fingerprint density at radius 2 is 1.43 bits per heavy atom. The largest absolute Gasteiger partial charge is 0.497 e. The van der Waals surface area contributed by atoms with Gasteiger partial charge in [0, 0.05) is 19.0 Å². The second kappa shape index (κ2) is 22.0. The number of primary amides is 1. The fourth-order valence-electron chi connectivity index (χ4n) is 7.92. The minimum atomic E-state index is -2.46. The Morgan fingerprint density at radius 1 is 0.846 bits per heavy atom. The van der Waals surface area contributed by atoms with Crippen LogP contribution in [0.2, 0.25) is 0 Å². The number of benzene rings is 2. The van der Waals surface area contributed by atoms with E-state index >= 15 is 4.39 Å². The second-order valence-electron chi connectivity index (χ2n) is 16.7. The van der Waals surface area contributed by atoms with Gasteiger partial charge < -0.3 is 51.2 Å². The molecule has 7 N–H and O–H groups in total. The summed E-state index contributed by atoms with van der Waals surface area (Å²) >= 11 is 0. The third-order valence-electron chi connectivity index (χ3n) is 10.9. The van der Waals surface area contributed by atoms with Gasteiger partial charge in [0.25, 0.3) is 11.8 Å². The number of amides is 6. The molecule has 2 aromatic rings. The number of carboxylic acids is 1. The van der Waals surface area contributed by atoms with E-state index in [9.17, 15) is 56.6 Å². The summed E-state index contributed by atoms with van der Waals surface area (Å²) in [4.78, 5) is 107. The van der Waals surface area contributed by atoms with Crippen molar-refractivity contribution in [3.63, 3.8) is 0 Å². The van der Waals surface area contributed by atoms with Crippen LogP contribution in [-0.4, -0.2) is 114 Å². The molecule has 2 fully saturated rings. The molecule has 356 valence electrons. The lowest BCUT2D eigenvalue weighted by molar-refractivity contribution is -0.143. The summed E-state index contributed by atoms with van der Waals surface area (Å²) in [7, 11) is 2.74. The van der Waals surface area contributed by atoms with Crippen LogP contribution in [0.3, 0.4) is 0 Å². The van der Waals surface area contributed by atoms with Gasteiger partial charge in [0.15, 0.2) is 23.3 Å². The van der Waals surface area contributed by atoms with Crippen molar-refractivity contribution in [1.29, 1.82) is 0 Å². The van der Waals surface area contributed by atoms with E-state index in [1.165, 1.54) is 32.4 Å². The number of aromatic carboxylic acids is 1. The van der Waals surface area contributed by atoms with Crippen molar-refractivity contribution >= 4 is 47.2 Å². The maximum absolute atomic E-state index is 15.1. The molecule has 65 heavy (non-hydrogen) atoms. The first-order valence-electron chi connectivity index (χ1n) is 20.9. The molecule has 5 atom stereocenters. The maximum atomic E-state index is 15.1. The minimum Gasteiger partial charge on any atom is -0.497 e. The second-order valence-corrected chi connectivity index (χ2v) is 16.7. The molecule has 1 aliphatic carbocycles. The lowest BCUT2D eigenvalue weighted by Crippen LogP contribution is -2.58. The zero-order chi connectivity index (χ0) is 48.5. The predicted octanol–water partition coefficient (Wildman–Crippen LogP) is 2.73. The number of nitrogens with one attached hydrogen (secondary N) is 4. The summed E-state index contributed by atoms with van der Waals surface area (Å²) in [5, 5.41) is 18.8. The van der Waals surface area contributed by atoms with Gasteiger partial charge in [-0.15, -0.1) is 0 Å². The SMILES string of the molecule is CCCC(NC(=O)C1CC(OC(C)(C)C)CN1C(=O)C(NC(=O)c1c(F)c(F)c(F)c(F)c1C(=O)O)C1CCCCC1)C(=O)C(=O)NCC(=O)NC(C(N)=O)c1cc(OC)cc(OC)c1. The number of hydrogen-bond donors (Lipinski definition) is 6. The molecule has 0 bridgehead atoms. The molecule has 0 spiro atoms. The zero-order valence-electron chi connectivity index (χ0n) is 36.7. The maximum Gasteiger partial charge on any atom is 0.339 e. The Labute approximate surface area is 371 Å². The number of hydrogen-bond acceptors (Lipinski definition) is 11. The van der Waals surface area contributed by atoms with Crippen LogP contribution < -0.4 is 36.5 Å². The quantitative estimate of drug-likeness (QED) is 0.0515. The molecule has 1 aliphatic heterocycles. The highest BCUT2D eigenvalue weighted by Crippen LogP contribution is 2.33. The van der Waals surface area contributed by atoms with E-state index in [-0.39, 0.29) is 42.9 Å². The van der Waals surface area contributed by atoms with Crippen LogP contribution in [0.15, 0.2) is 18.2 Å². The van der Waals surface area contributed by atoms with Crippen LogP contribution in [0, 0.1) is 29.2 Å². The fraction of sp³-hybridized carbons (Fsp3) is 0.535. The fourth-order valence-corrected chi connectivity index (χ4v) is 7.92. The molecule has 5 unspecified atom stereocenters. The van der Waals surface area contributed by atoms with Crippen molar-refractivity contribution in [1.82, 2.24) is 26.2 Å². The highest BCUT2D eigenvalue weighted by molar-refractivity contribution is 6.38. The van der Waals surface area contributed by atoms with Crippen molar-refractivity contribution in [2.75, 3.05) is 27.3 Å². The smallest absolute Gasteiger partial charge is 0.339 e. The molecule has 22 heteroatoms. The summed E-state index contributed by atoms with van der Waals surface area (Å²) in [5.74, 6) is -19.9. The third kappa shape index (κ3) is 12.7. The van der Waals surface area contributed by atoms with E-state index < -0.39 is 130 Å². The Balaban J connectivity index is 1.57. The summed E-state index contributed by atoms with van der Waals surface area (Å²) in [6.07, 6.45) is 1.67. The Hall–Kier alpha value is -6.32. The Morgan fingerprint density at radius 3 is 1.95 bits per heavy atom. The number of carbonyl (C=O) groups is 8. The van der Waals surface area contributed by atoms with E-state index in [4.69, 9.17) is 19.9 Å². The van der Waals surface area contributed by atoms with Gasteiger partial charge in [-0.25, -0.2) is 22.4 Å². The molecule has 0 aromatic heterocycles. The van der Waals surface area contributed by atoms with Gasteiger partial charge in [-0.3, -0.25) is 33.6 Å². The van der Waals surface area contributed by atoms with Gasteiger partial charge in [0.05, 0.1) is 44.1 Å². The van der Waals surface area contributed by atoms with Crippen LogP contribution in [-0.2, 0) is 33.5 Å². The Bertz CT molecular complexity index is 2160. The summed E-state index contributed by atoms with van der Waals surface area (Å²) in [6, 6.07) is -1.58. The first-order valence-corrected chi connectivity index (χ1v) is 20.9. The van der Waals surface area contributed by atoms with Crippen LogP contribution in [0.25, 0.3) is 0 Å². The first-order chi connectivity index (χ1) is 30.5. The molecule has 2 aromatic carbocycles. The van der Waals surface area contributed by atoms with Crippen molar-refractivity contribution in [3.05, 3.63) is 58.2 Å². The minimum absolute atomic E-state index is 0.0861. The van der Waals surface area contributed by atoms with Crippen LogP contribution in [0.5, 0.6) is 11.5 Å². The number of halogens is 4. The van der Waals surface area contributed by atoms with Crippen LogP contribution in [0.1, 0.15) is 111 Å². The van der Waals surface area contributed by atoms with Crippen molar-refractivity contribution in [2.24, 2.45) is 11.7 Å². The van der Waals surface area contributed by atoms with Gasteiger partial charge >= 0.3 is 5.97 Å². The number of Topliss-reactive ketones (excluding diaryl/α,β-unsaturated/α-hetero) is 1. The number of nitrogens with two attached hydrogens (primary N) is 1. The molecule has 2 aliphatic rings. The van der Waals surface area contributed by atoms with Gasteiger partial charge in [-0.1, -0.05) is 32.6 Å². The van der Waals surface area contributed by atoms with E-state index in [2.05, 4.69) is 21.3 Å². The average molecular weight is 923 g/mol. The van der Waals surface area contributed by atoms with Crippen molar-refractivity contribution in [2.45, 2.75) is 115 Å². The molecule has 4 rings (SSSR count). The zero-order valence-corrected chi connectivity index (χ0v) is 36.7. The standard InChI is InChI=1S/C43H54F4N6O12/c1-7-11-25(36(55)40(59)49-18-27(54)51-34(37(48)56)21-14-22(63-5)16-23(15-21)64-6)50-38(57)26-17-24(65-43(2,3)4)19-53(26)41(60)35(20-12-9-8-10-13-20)52-39(58)28-29(42(61)62)31(45)33(47)32(46)30(28)44/h14-16,20,24-26,34-35H,7-13,17-19H2,1-6H3,(H2,48,56)(H,49,59)(H,50,57)(H,51,54)(H,52,58)(H,61,62). The number of methoxy groups -OCH3 is 2. The number of carbonyl (C=O) groups excluding carboxylic acids is 7. The summed E-state index contributed by atoms with van der Waals surface area (Å²) in [5.41, 5.74) is 1.43. The Kier molecular flexibility index (Phi) is 17.4. The van der Waals surface area contributed by atoms with Crippen LogP contribution >= 0.6 is 0 Å². The molecule has 1 heterocycles. The molecular formula is C43H54F4N6O12. The topological polar surface area (TPSA) is 262 Å². The first kappa shape index (κ1) is 51.3. The van der Waals surface area contributed by atoms with Gasteiger partial charge in [-0.05, 0) is 63.6 Å². The van der Waals surface area contributed by atoms with E-state index in [0.29, 0.717) is 25.7 Å². The lowest BCUT2D eigenvalue weighted by atomic mass is 9.83. The number of likely N-dealkylation sites (tertiary alicyclic amines) is 1. The van der Waals surface area contributed by atoms with E-state index in [0.717, 1.165) is 11.3 Å².